The molecule has 2 rings (SSSR count). The summed E-state index contributed by atoms with van der Waals surface area (Å²) in [5.41, 5.74) is 7.57. The topological polar surface area (TPSA) is 26.0 Å². The summed E-state index contributed by atoms with van der Waals surface area (Å²) in [5.74, 6) is -0.105. The first-order chi connectivity index (χ1) is 9.61. The highest BCUT2D eigenvalue weighted by Crippen LogP contribution is 2.25. The number of rotatable bonds is 5. The molecule has 2 aromatic carbocycles. The number of nitrogens with two attached hydrogens (primary N) is 1. The third-order valence-electron chi connectivity index (χ3n) is 3.35. The molecule has 1 nitrogen and oxygen atoms in total. The Balaban J connectivity index is 2.16. The fourth-order valence-electron chi connectivity index (χ4n) is 2.23. The largest absolute Gasteiger partial charge is 0.330 e. The van der Waals surface area contributed by atoms with Crippen LogP contribution >= 0.6 is 27.5 Å². The first-order valence-corrected chi connectivity index (χ1v) is 7.65. The van der Waals surface area contributed by atoms with Crippen molar-refractivity contribution in [2.75, 3.05) is 6.54 Å². The van der Waals surface area contributed by atoms with Crippen LogP contribution in [0.1, 0.15) is 11.1 Å². The molecule has 4 heteroatoms. The number of halogens is 3. The molecule has 0 radical (unpaired) electrons. The van der Waals surface area contributed by atoms with Crippen molar-refractivity contribution in [1.82, 2.24) is 0 Å². The Kier molecular flexibility index (Phi) is 5.58. The summed E-state index contributed by atoms with van der Waals surface area (Å²) < 4.78 is 14.9. The SMILES string of the molecule is NCC(Cc1ccccc1Br)Cc1c(F)cccc1Cl. The van der Waals surface area contributed by atoms with Gasteiger partial charge in [-0.25, -0.2) is 4.39 Å². The van der Waals surface area contributed by atoms with Crippen LogP contribution < -0.4 is 5.73 Å². The average molecular weight is 357 g/mol. The van der Waals surface area contributed by atoms with E-state index in [1.165, 1.54) is 11.6 Å². The lowest BCUT2D eigenvalue weighted by molar-refractivity contribution is 0.511. The Morgan fingerprint density at radius 3 is 2.50 bits per heavy atom. The van der Waals surface area contributed by atoms with Gasteiger partial charge in [-0.1, -0.05) is 51.8 Å². The Morgan fingerprint density at radius 1 is 1.10 bits per heavy atom. The van der Waals surface area contributed by atoms with Gasteiger partial charge >= 0.3 is 0 Å². The Hall–Kier alpha value is -0.900. The molecule has 0 amide bonds. The second-order valence-corrected chi connectivity index (χ2v) is 6.06. The second kappa shape index (κ2) is 7.21. The Bertz CT molecular complexity index is 568. The fourth-order valence-corrected chi connectivity index (χ4v) is 2.92. The zero-order valence-corrected chi connectivity index (χ0v) is 13.3. The highest BCUT2D eigenvalue weighted by Gasteiger charge is 2.15. The van der Waals surface area contributed by atoms with Gasteiger partial charge in [-0.05, 0) is 49.1 Å². The van der Waals surface area contributed by atoms with Crippen LogP contribution in [0.3, 0.4) is 0 Å². The summed E-state index contributed by atoms with van der Waals surface area (Å²) in [6.07, 6.45) is 1.34. The molecule has 0 aromatic heterocycles. The zero-order chi connectivity index (χ0) is 14.5. The van der Waals surface area contributed by atoms with Gasteiger partial charge in [-0.2, -0.15) is 0 Å². The lowest BCUT2D eigenvalue weighted by Gasteiger charge is -2.17. The minimum Gasteiger partial charge on any atom is -0.330 e. The van der Waals surface area contributed by atoms with Crippen LogP contribution in [0.5, 0.6) is 0 Å². The quantitative estimate of drug-likeness (QED) is 0.832. The maximum atomic E-state index is 13.8. The van der Waals surface area contributed by atoms with Gasteiger partial charge in [0.15, 0.2) is 0 Å². The van der Waals surface area contributed by atoms with Crippen molar-refractivity contribution in [1.29, 1.82) is 0 Å². The van der Waals surface area contributed by atoms with E-state index in [1.54, 1.807) is 12.1 Å². The molecule has 0 spiro atoms. The van der Waals surface area contributed by atoms with Gasteiger partial charge in [0.1, 0.15) is 5.82 Å². The maximum absolute atomic E-state index is 13.8. The van der Waals surface area contributed by atoms with E-state index in [1.807, 2.05) is 18.2 Å². The number of hydrogen-bond acceptors (Lipinski definition) is 1. The summed E-state index contributed by atoms with van der Waals surface area (Å²) in [6.45, 7) is 0.492. The molecule has 2 aromatic rings. The van der Waals surface area contributed by atoms with Gasteiger partial charge < -0.3 is 5.73 Å². The number of hydrogen-bond donors (Lipinski definition) is 1. The van der Waals surface area contributed by atoms with Crippen LogP contribution in [0.25, 0.3) is 0 Å². The Morgan fingerprint density at radius 2 is 1.85 bits per heavy atom. The molecule has 0 aliphatic rings. The van der Waals surface area contributed by atoms with Crippen molar-refractivity contribution in [2.45, 2.75) is 12.8 Å². The van der Waals surface area contributed by atoms with Gasteiger partial charge in [0.05, 0.1) is 0 Å². The van der Waals surface area contributed by atoms with Crippen LogP contribution in [-0.4, -0.2) is 6.54 Å². The van der Waals surface area contributed by atoms with Crippen molar-refractivity contribution >= 4 is 27.5 Å². The molecule has 1 atom stereocenters. The smallest absolute Gasteiger partial charge is 0.127 e. The van der Waals surface area contributed by atoms with Crippen LogP contribution in [-0.2, 0) is 12.8 Å². The van der Waals surface area contributed by atoms with Gasteiger partial charge in [0.2, 0.25) is 0 Å². The zero-order valence-electron chi connectivity index (χ0n) is 11.0. The van der Waals surface area contributed by atoms with E-state index in [4.69, 9.17) is 17.3 Å². The standard InChI is InChI=1S/C16H16BrClFN/c17-14-5-2-1-4-12(14)8-11(10-20)9-13-15(18)6-3-7-16(13)19/h1-7,11H,8-10,20H2. The highest BCUT2D eigenvalue weighted by molar-refractivity contribution is 9.10. The second-order valence-electron chi connectivity index (χ2n) is 4.80. The summed E-state index contributed by atoms with van der Waals surface area (Å²) in [6, 6.07) is 12.8. The van der Waals surface area contributed by atoms with Crippen LogP contribution in [0.15, 0.2) is 46.9 Å². The van der Waals surface area contributed by atoms with Gasteiger partial charge in [0, 0.05) is 15.1 Å². The van der Waals surface area contributed by atoms with Crippen LogP contribution in [0.4, 0.5) is 4.39 Å². The van der Waals surface area contributed by atoms with Crippen molar-refractivity contribution in [3.8, 4) is 0 Å². The monoisotopic (exact) mass is 355 g/mol. The minimum absolute atomic E-state index is 0.156. The van der Waals surface area contributed by atoms with Gasteiger partial charge in [-0.3, -0.25) is 0 Å². The molecular formula is C16H16BrClFN. The van der Waals surface area contributed by atoms with E-state index in [9.17, 15) is 4.39 Å². The van der Waals surface area contributed by atoms with E-state index in [-0.39, 0.29) is 11.7 Å². The molecule has 0 aliphatic carbocycles. The van der Waals surface area contributed by atoms with E-state index < -0.39 is 0 Å². The third kappa shape index (κ3) is 3.81. The number of benzene rings is 2. The molecule has 0 fully saturated rings. The molecule has 0 heterocycles. The first-order valence-electron chi connectivity index (χ1n) is 6.48. The third-order valence-corrected chi connectivity index (χ3v) is 4.48. The van der Waals surface area contributed by atoms with Crippen LogP contribution in [0.2, 0.25) is 5.02 Å². The maximum Gasteiger partial charge on any atom is 0.127 e. The minimum atomic E-state index is -0.261. The molecular weight excluding hydrogens is 341 g/mol. The lowest BCUT2D eigenvalue weighted by atomic mass is 9.92. The molecule has 2 N–H and O–H groups in total. The lowest BCUT2D eigenvalue weighted by Crippen LogP contribution is -2.20. The van der Waals surface area contributed by atoms with E-state index in [0.29, 0.717) is 23.6 Å². The average Bonchev–Trinajstić information content (AvgIpc) is 2.44. The summed E-state index contributed by atoms with van der Waals surface area (Å²) in [4.78, 5) is 0. The van der Waals surface area contributed by atoms with E-state index >= 15 is 0 Å². The van der Waals surface area contributed by atoms with Gasteiger partial charge in [-0.15, -0.1) is 0 Å². The fraction of sp³-hybridized carbons (Fsp3) is 0.250. The Labute approximate surface area is 132 Å². The normalized spacial score (nSPS) is 12.4. The summed E-state index contributed by atoms with van der Waals surface area (Å²) in [7, 11) is 0. The highest BCUT2D eigenvalue weighted by atomic mass is 79.9. The van der Waals surface area contributed by atoms with E-state index in [0.717, 1.165) is 10.9 Å². The summed E-state index contributed by atoms with van der Waals surface area (Å²) in [5, 5.41) is 0.468. The van der Waals surface area contributed by atoms with Gasteiger partial charge in [0.25, 0.3) is 0 Å². The van der Waals surface area contributed by atoms with Crippen molar-refractivity contribution in [2.24, 2.45) is 11.7 Å². The van der Waals surface area contributed by atoms with Crippen molar-refractivity contribution < 1.29 is 4.39 Å². The predicted molar refractivity (Wildman–Crippen MR) is 85.5 cm³/mol. The van der Waals surface area contributed by atoms with Crippen molar-refractivity contribution in [3.05, 3.63) is 68.9 Å². The molecule has 0 aliphatic heterocycles. The molecule has 0 bridgehead atoms. The summed E-state index contributed by atoms with van der Waals surface area (Å²) >= 11 is 9.60. The van der Waals surface area contributed by atoms with E-state index in [2.05, 4.69) is 22.0 Å². The molecule has 20 heavy (non-hydrogen) atoms. The molecule has 0 saturated carbocycles. The van der Waals surface area contributed by atoms with Crippen LogP contribution in [0, 0.1) is 11.7 Å². The molecule has 106 valence electrons. The van der Waals surface area contributed by atoms with Crippen molar-refractivity contribution in [3.63, 3.8) is 0 Å². The molecule has 1 unspecified atom stereocenters. The molecule has 0 saturated heterocycles. The first kappa shape index (κ1) is 15.5. The predicted octanol–water partition coefficient (Wildman–Crippen LogP) is 4.60.